The molecule has 0 rings (SSSR count). The van der Waals surface area contributed by atoms with Gasteiger partial charge in [0.15, 0.2) is 0 Å². The van der Waals surface area contributed by atoms with Crippen molar-refractivity contribution in [3.05, 3.63) is 0 Å². The number of hydrogen-bond donors (Lipinski definition) is 0. The van der Waals surface area contributed by atoms with Gasteiger partial charge in [0.05, 0.1) is 5.75 Å². The van der Waals surface area contributed by atoms with E-state index in [2.05, 4.69) is 4.90 Å². The van der Waals surface area contributed by atoms with Crippen LogP contribution in [0.2, 0.25) is 0 Å². The lowest BCUT2D eigenvalue weighted by atomic mass is 10.7. The van der Waals surface area contributed by atoms with E-state index < -0.39 is 9.84 Å². The summed E-state index contributed by atoms with van der Waals surface area (Å²) in [6.07, 6.45) is 1.28. The molecule has 0 aliphatic heterocycles. The molecule has 3 nitrogen and oxygen atoms in total. The first-order valence-corrected chi connectivity index (χ1v) is 7.03. The van der Waals surface area contributed by atoms with Crippen molar-refractivity contribution in [2.45, 2.75) is 0 Å². The fourth-order valence-corrected chi connectivity index (χ4v) is 2.94. The van der Waals surface area contributed by atoms with Crippen molar-refractivity contribution in [1.29, 1.82) is 0 Å². The molecule has 5 heteroatoms. The SMILES string of the molecule is CN(C)CCSCCS(C)(=O)=O. The smallest absolute Gasteiger partial charge is 0.148 e. The van der Waals surface area contributed by atoms with Gasteiger partial charge in [-0.1, -0.05) is 0 Å². The molecule has 12 heavy (non-hydrogen) atoms. The average molecular weight is 211 g/mol. The zero-order valence-corrected chi connectivity index (χ0v) is 9.54. The second-order valence-corrected chi connectivity index (χ2v) is 6.53. The van der Waals surface area contributed by atoms with Crippen molar-refractivity contribution < 1.29 is 8.42 Å². The standard InChI is InChI=1S/C7H17NO2S2/c1-8(2)4-5-11-6-7-12(3,9)10/h4-7H2,1-3H3. The number of thioether (sulfide) groups is 1. The Hall–Kier alpha value is 0.260. The second-order valence-electron chi connectivity index (χ2n) is 3.05. The Morgan fingerprint density at radius 2 is 1.83 bits per heavy atom. The highest BCUT2D eigenvalue weighted by Gasteiger charge is 2.00. The minimum absolute atomic E-state index is 0.297. The van der Waals surface area contributed by atoms with Gasteiger partial charge in [0.25, 0.3) is 0 Å². The Bertz CT molecular complexity index is 199. The van der Waals surface area contributed by atoms with E-state index in [9.17, 15) is 8.42 Å². The Labute approximate surface area is 79.4 Å². The van der Waals surface area contributed by atoms with E-state index in [1.165, 1.54) is 6.26 Å². The predicted molar refractivity (Wildman–Crippen MR) is 55.6 cm³/mol. The van der Waals surface area contributed by atoms with E-state index in [4.69, 9.17) is 0 Å². The molecule has 0 amide bonds. The fourth-order valence-electron chi connectivity index (χ4n) is 0.559. The summed E-state index contributed by atoms with van der Waals surface area (Å²) >= 11 is 1.69. The molecule has 0 saturated heterocycles. The number of sulfone groups is 1. The van der Waals surface area contributed by atoms with Gasteiger partial charge in [0.1, 0.15) is 9.84 Å². The maximum atomic E-state index is 10.7. The van der Waals surface area contributed by atoms with Crippen molar-refractivity contribution in [2.24, 2.45) is 0 Å². The van der Waals surface area contributed by atoms with Gasteiger partial charge in [-0.25, -0.2) is 8.42 Å². The lowest BCUT2D eigenvalue weighted by Crippen LogP contribution is -2.15. The first-order chi connectivity index (χ1) is 5.42. The Morgan fingerprint density at radius 3 is 2.25 bits per heavy atom. The normalized spacial score (nSPS) is 12.3. The maximum absolute atomic E-state index is 10.7. The lowest BCUT2D eigenvalue weighted by Gasteiger charge is -2.07. The van der Waals surface area contributed by atoms with E-state index in [1.807, 2.05) is 14.1 Å². The van der Waals surface area contributed by atoms with E-state index in [-0.39, 0.29) is 0 Å². The molecular weight excluding hydrogens is 194 g/mol. The van der Waals surface area contributed by atoms with Crippen molar-refractivity contribution in [3.8, 4) is 0 Å². The Kier molecular flexibility index (Phi) is 5.96. The largest absolute Gasteiger partial charge is 0.309 e. The lowest BCUT2D eigenvalue weighted by molar-refractivity contribution is 0.437. The highest BCUT2D eigenvalue weighted by atomic mass is 32.2. The summed E-state index contributed by atoms with van der Waals surface area (Å²) in [5.74, 6) is 2.01. The second kappa shape index (κ2) is 5.83. The quantitative estimate of drug-likeness (QED) is 0.593. The van der Waals surface area contributed by atoms with Crippen LogP contribution in [0.1, 0.15) is 0 Å². The molecule has 0 aliphatic rings. The molecule has 0 spiro atoms. The van der Waals surface area contributed by atoms with E-state index in [0.717, 1.165) is 12.3 Å². The highest BCUT2D eigenvalue weighted by Crippen LogP contribution is 2.00. The van der Waals surface area contributed by atoms with Gasteiger partial charge in [-0.3, -0.25) is 0 Å². The molecule has 0 fully saturated rings. The number of rotatable bonds is 6. The number of nitrogens with zero attached hydrogens (tertiary/aromatic N) is 1. The molecule has 0 heterocycles. The van der Waals surface area contributed by atoms with Crippen molar-refractivity contribution >= 4 is 21.6 Å². The third-order valence-electron chi connectivity index (χ3n) is 1.28. The van der Waals surface area contributed by atoms with Gasteiger partial charge in [-0.05, 0) is 14.1 Å². The van der Waals surface area contributed by atoms with Crippen LogP contribution in [0.25, 0.3) is 0 Å². The summed E-state index contributed by atoms with van der Waals surface area (Å²) in [7, 11) is 1.26. The van der Waals surface area contributed by atoms with Crippen LogP contribution in [0.4, 0.5) is 0 Å². The molecule has 0 N–H and O–H groups in total. The van der Waals surface area contributed by atoms with Crippen LogP contribution < -0.4 is 0 Å². The molecule has 0 saturated carbocycles. The third-order valence-corrected chi connectivity index (χ3v) is 3.45. The van der Waals surface area contributed by atoms with E-state index >= 15 is 0 Å². The zero-order valence-electron chi connectivity index (χ0n) is 7.91. The van der Waals surface area contributed by atoms with E-state index in [1.54, 1.807) is 11.8 Å². The topological polar surface area (TPSA) is 37.4 Å². The van der Waals surface area contributed by atoms with Crippen molar-refractivity contribution in [1.82, 2.24) is 4.90 Å². The molecule has 0 aromatic carbocycles. The molecule has 0 radical (unpaired) electrons. The Balaban J connectivity index is 3.23. The molecule has 0 atom stereocenters. The first-order valence-electron chi connectivity index (χ1n) is 3.82. The summed E-state index contributed by atoms with van der Waals surface area (Å²) in [6, 6.07) is 0. The molecule has 0 aromatic rings. The molecular formula is C7H17NO2S2. The molecule has 0 unspecified atom stereocenters. The van der Waals surface area contributed by atoms with Crippen LogP contribution in [0.15, 0.2) is 0 Å². The van der Waals surface area contributed by atoms with Crippen LogP contribution in [0.3, 0.4) is 0 Å². The van der Waals surface area contributed by atoms with Crippen LogP contribution in [-0.4, -0.2) is 57.5 Å². The van der Waals surface area contributed by atoms with Gasteiger partial charge in [0.2, 0.25) is 0 Å². The van der Waals surface area contributed by atoms with Gasteiger partial charge >= 0.3 is 0 Å². The molecule has 0 aliphatic carbocycles. The summed E-state index contributed by atoms with van der Waals surface area (Å²) in [4.78, 5) is 2.09. The number of hydrogen-bond acceptors (Lipinski definition) is 4. The first kappa shape index (κ1) is 12.3. The predicted octanol–water partition coefficient (Wildman–Crippen LogP) is 0.326. The van der Waals surface area contributed by atoms with Crippen molar-refractivity contribution in [3.63, 3.8) is 0 Å². The van der Waals surface area contributed by atoms with Crippen LogP contribution in [0, 0.1) is 0 Å². The minimum atomic E-state index is -2.76. The van der Waals surface area contributed by atoms with Crippen LogP contribution in [0.5, 0.6) is 0 Å². The summed E-state index contributed by atoms with van der Waals surface area (Å²) in [6.45, 7) is 1.01. The molecule has 74 valence electrons. The van der Waals surface area contributed by atoms with E-state index in [0.29, 0.717) is 11.5 Å². The minimum Gasteiger partial charge on any atom is -0.309 e. The Morgan fingerprint density at radius 1 is 1.25 bits per heavy atom. The molecule has 0 aromatic heterocycles. The van der Waals surface area contributed by atoms with Crippen LogP contribution >= 0.6 is 11.8 Å². The zero-order chi connectivity index (χ0) is 9.61. The van der Waals surface area contributed by atoms with Gasteiger partial charge in [-0.15, -0.1) is 0 Å². The third kappa shape index (κ3) is 10.3. The summed E-state index contributed by atoms with van der Waals surface area (Å²) in [5.41, 5.74) is 0. The maximum Gasteiger partial charge on any atom is 0.148 e. The van der Waals surface area contributed by atoms with Crippen LogP contribution in [-0.2, 0) is 9.84 Å². The van der Waals surface area contributed by atoms with Gasteiger partial charge < -0.3 is 4.90 Å². The van der Waals surface area contributed by atoms with Crippen molar-refractivity contribution in [2.75, 3.05) is 44.2 Å². The summed E-state index contributed by atoms with van der Waals surface area (Å²) < 4.78 is 21.4. The summed E-state index contributed by atoms with van der Waals surface area (Å²) in [5, 5.41) is 0. The molecule has 0 bridgehead atoms. The van der Waals surface area contributed by atoms with Gasteiger partial charge in [-0.2, -0.15) is 11.8 Å². The monoisotopic (exact) mass is 211 g/mol. The average Bonchev–Trinajstić information content (AvgIpc) is 1.83. The highest BCUT2D eigenvalue weighted by molar-refractivity contribution is 8.00. The fraction of sp³-hybridized carbons (Fsp3) is 1.00. The van der Waals surface area contributed by atoms with Gasteiger partial charge in [0, 0.05) is 24.3 Å².